The number of ether oxygens (including phenoxy) is 1. The number of hydrogen-bond donors (Lipinski definition) is 1. The standard InChI is InChI=1S/C20H25N3O6S/c1-14(20(25)23-9-11-30(26,27)12-10-23)22-18(24)7-8-19-21-13-17(29-19)15-3-5-16(28-2)6-4-15/h3-6,13-14H,7-12H2,1-2H3,(H,22,24). The van der Waals surface area contributed by atoms with Gasteiger partial charge in [-0.15, -0.1) is 0 Å². The van der Waals surface area contributed by atoms with E-state index in [4.69, 9.17) is 9.15 Å². The number of nitrogens with zero attached hydrogens (tertiary/aromatic N) is 2. The van der Waals surface area contributed by atoms with Crippen LogP contribution in [0.1, 0.15) is 19.2 Å². The van der Waals surface area contributed by atoms with E-state index in [-0.39, 0.29) is 42.8 Å². The predicted octanol–water partition coefficient (Wildman–Crippen LogP) is 1.04. The molecule has 2 aromatic rings. The van der Waals surface area contributed by atoms with E-state index in [1.54, 1.807) is 20.2 Å². The van der Waals surface area contributed by atoms with E-state index in [2.05, 4.69) is 10.3 Å². The minimum atomic E-state index is -3.06. The summed E-state index contributed by atoms with van der Waals surface area (Å²) in [5, 5.41) is 2.66. The summed E-state index contributed by atoms with van der Waals surface area (Å²) in [7, 11) is -1.47. The molecule has 1 fully saturated rings. The van der Waals surface area contributed by atoms with Crippen LogP contribution < -0.4 is 10.1 Å². The minimum Gasteiger partial charge on any atom is -0.497 e. The lowest BCUT2D eigenvalue weighted by Gasteiger charge is -2.29. The zero-order chi connectivity index (χ0) is 21.7. The average molecular weight is 436 g/mol. The van der Waals surface area contributed by atoms with Gasteiger partial charge in [-0.1, -0.05) is 0 Å². The molecule has 1 aromatic heterocycles. The van der Waals surface area contributed by atoms with Crippen LogP contribution in [0.2, 0.25) is 0 Å². The molecule has 1 N–H and O–H groups in total. The number of aryl methyl sites for hydroxylation is 1. The predicted molar refractivity (Wildman–Crippen MR) is 110 cm³/mol. The monoisotopic (exact) mass is 435 g/mol. The quantitative estimate of drug-likeness (QED) is 0.690. The summed E-state index contributed by atoms with van der Waals surface area (Å²) in [6, 6.07) is 6.63. The van der Waals surface area contributed by atoms with Crippen LogP contribution in [-0.2, 0) is 25.8 Å². The van der Waals surface area contributed by atoms with Gasteiger partial charge in [0.25, 0.3) is 0 Å². The fraction of sp³-hybridized carbons (Fsp3) is 0.450. The number of benzene rings is 1. The lowest BCUT2D eigenvalue weighted by atomic mass is 10.2. The van der Waals surface area contributed by atoms with Crippen molar-refractivity contribution in [1.29, 1.82) is 0 Å². The first kappa shape index (κ1) is 21.8. The summed E-state index contributed by atoms with van der Waals surface area (Å²) in [5.74, 6) is 1.10. The van der Waals surface area contributed by atoms with Crippen molar-refractivity contribution >= 4 is 21.7 Å². The SMILES string of the molecule is COc1ccc(-c2cnc(CCC(=O)NC(C)C(=O)N3CCS(=O)(=O)CC3)o2)cc1. The molecule has 1 unspecified atom stereocenters. The van der Waals surface area contributed by atoms with E-state index in [1.807, 2.05) is 24.3 Å². The molecule has 1 aliphatic rings. The lowest BCUT2D eigenvalue weighted by Crippen LogP contribution is -2.51. The first-order chi connectivity index (χ1) is 14.3. The minimum absolute atomic E-state index is 0.0416. The van der Waals surface area contributed by atoms with Crippen molar-refractivity contribution in [2.24, 2.45) is 0 Å². The van der Waals surface area contributed by atoms with E-state index >= 15 is 0 Å². The molecule has 0 radical (unpaired) electrons. The molecule has 1 aromatic carbocycles. The van der Waals surface area contributed by atoms with Crippen LogP contribution in [0.5, 0.6) is 5.75 Å². The van der Waals surface area contributed by atoms with Gasteiger partial charge in [0.1, 0.15) is 11.8 Å². The smallest absolute Gasteiger partial charge is 0.244 e. The van der Waals surface area contributed by atoms with Crippen LogP contribution in [0.25, 0.3) is 11.3 Å². The maximum Gasteiger partial charge on any atom is 0.244 e. The van der Waals surface area contributed by atoms with Gasteiger partial charge in [0.15, 0.2) is 21.5 Å². The third kappa shape index (κ3) is 5.59. The van der Waals surface area contributed by atoms with Crippen LogP contribution in [0, 0.1) is 0 Å². The van der Waals surface area contributed by atoms with Gasteiger partial charge in [-0.25, -0.2) is 13.4 Å². The Balaban J connectivity index is 1.47. The average Bonchev–Trinajstić information content (AvgIpc) is 3.21. The molecule has 30 heavy (non-hydrogen) atoms. The van der Waals surface area contributed by atoms with E-state index in [0.29, 0.717) is 18.1 Å². The van der Waals surface area contributed by atoms with Crippen molar-refractivity contribution in [3.63, 3.8) is 0 Å². The normalized spacial score (nSPS) is 16.7. The van der Waals surface area contributed by atoms with E-state index in [0.717, 1.165) is 11.3 Å². The summed E-state index contributed by atoms with van der Waals surface area (Å²) < 4.78 is 33.8. The molecule has 1 saturated heterocycles. The van der Waals surface area contributed by atoms with Crippen molar-refractivity contribution in [3.8, 4) is 17.1 Å². The summed E-state index contributed by atoms with van der Waals surface area (Å²) >= 11 is 0. The van der Waals surface area contributed by atoms with Crippen LogP contribution in [0.3, 0.4) is 0 Å². The second-order valence-corrected chi connectivity index (χ2v) is 9.42. The summed E-state index contributed by atoms with van der Waals surface area (Å²) in [5.41, 5.74) is 0.849. The molecule has 10 heteroatoms. The number of oxazole rings is 1. The van der Waals surface area contributed by atoms with Gasteiger partial charge in [0.2, 0.25) is 11.8 Å². The van der Waals surface area contributed by atoms with Crippen molar-refractivity contribution in [2.75, 3.05) is 31.7 Å². The topological polar surface area (TPSA) is 119 Å². The molecule has 2 amide bonds. The molecule has 2 heterocycles. The molecule has 1 atom stereocenters. The highest BCUT2D eigenvalue weighted by atomic mass is 32.2. The highest BCUT2D eigenvalue weighted by Gasteiger charge is 2.28. The lowest BCUT2D eigenvalue weighted by molar-refractivity contribution is -0.135. The van der Waals surface area contributed by atoms with E-state index in [9.17, 15) is 18.0 Å². The molecule has 9 nitrogen and oxygen atoms in total. The third-order valence-electron chi connectivity index (χ3n) is 4.90. The Kier molecular flexibility index (Phi) is 6.76. The fourth-order valence-electron chi connectivity index (χ4n) is 3.12. The van der Waals surface area contributed by atoms with Crippen LogP contribution in [0.4, 0.5) is 0 Å². The Morgan fingerprint density at radius 1 is 1.23 bits per heavy atom. The zero-order valence-corrected chi connectivity index (χ0v) is 17.8. The number of rotatable bonds is 7. The van der Waals surface area contributed by atoms with Gasteiger partial charge >= 0.3 is 0 Å². The Morgan fingerprint density at radius 2 is 1.90 bits per heavy atom. The van der Waals surface area contributed by atoms with Gasteiger partial charge in [0, 0.05) is 31.5 Å². The number of nitrogens with one attached hydrogen (secondary N) is 1. The summed E-state index contributed by atoms with van der Waals surface area (Å²) in [6.07, 6.45) is 2.02. The third-order valence-corrected chi connectivity index (χ3v) is 6.51. The maximum absolute atomic E-state index is 12.4. The summed E-state index contributed by atoms with van der Waals surface area (Å²) in [4.78, 5) is 30.3. The Labute approximate surface area is 175 Å². The molecule has 162 valence electrons. The van der Waals surface area contributed by atoms with E-state index in [1.165, 1.54) is 4.90 Å². The fourth-order valence-corrected chi connectivity index (χ4v) is 4.32. The van der Waals surface area contributed by atoms with Gasteiger partial charge in [-0.3, -0.25) is 9.59 Å². The van der Waals surface area contributed by atoms with Crippen LogP contribution in [0.15, 0.2) is 34.9 Å². The Morgan fingerprint density at radius 3 is 2.53 bits per heavy atom. The van der Waals surface area contributed by atoms with Gasteiger partial charge in [-0.05, 0) is 31.2 Å². The van der Waals surface area contributed by atoms with Crippen LogP contribution in [-0.4, -0.2) is 67.9 Å². The zero-order valence-electron chi connectivity index (χ0n) is 17.0. The number of sulfone groups is 1. The summed E-state index contributed by atoms with van der Waals surface area (Å²) in [6.45, 7) is 1.91. The highest BCUT2D eigenvalue weighted by molar-refractivity contribution is 7.91. The van der Waals surface area contributed by atoms with Crippen molar-refractivity contribution in [1.82, 2.24) is 15.2 Å². The highest BCUT2D eigenvalue weighted by Crippen LogP contribution is 2.23. The molecule has 3 rings (SSSR count). The Bertz CT molecular complexity index is 986. The molecular weight excluding hydrogens is 410 g/mol. The number of amides is 2. The van der Waals surface area contributed by atoms with Gasteiger partial charge < -0.3 is 19.4 Å². The first-order valence-corrected chi connectivity index (χ1v) is 11.5. The van der Waals surface area contributed by atoms with Gasteiger partial charge in [0.05, 0.1) is 24.8 Å². The number of hydrogen-bond acceptors (Lipinski definition) is 7. The second-order valence-electron chi connectivity index (χ2n) is 7.11. The number of aromatic nitrogens is 1. The molecule has 0 bridgehead atoms. The number of carbonyl (C=O) groups is 2. The first-order valence-electron chi connectivity index (χ1n) is 9.65. The van der Waals surface area contributed by atoms with Crippen molar-refractivity contribution in [3.05, 3.63) is 36.4 Å². The molecular formula is C20H25N3O6S. The van der Waals surface area contributed by atoms with Gasteiger partial charge in [-0.2, -0.15) is 0 Å². The van der Waals surface area contributed by atoms with E-state index < -0.39 is 15.9 Å². The largest absolute Gasteiger partial charge is 0.497 e. The molecule has 1 aliphatic heterocycles. The maximum atomic E-state index is 12.4. The molecule has 0 aliphatic carbocycles. The molecule has 0 saturated carbocycles. The number of carbonyl (C=O) groups excluding carboxylic acids is 2. The van der Waals surface area contributed by atoms with Crippen molar-refractivity contribution < 1.29 is 27.2 Å². The second kappa shape index (κ2) is 9.29. The van der Waals surface area contributed by atoms with Crippen molar-refractivity contribution in [2.45, 2.75) is 25.8 Å². The molecule has 0 spiro atoms. The Hall–Kier alpha value is -2.88. The number of methoxy groups -OCH3 is 1. The van der Waals surface area contributed by atoms with Crippen LogP contribution >= 0.6 is 0 Å².